The Balaban J connectivity index is 1.73. The van der Waals surface area contributed by atoms with E-state index in [1.165, 1.54) is 12.1 Å². The molecule has 1 amide bonds. The molecule has 0 fully saturated rings. The molecule has 0 saturated heterocycles. The average molecular weight is 337 g/mol. The highest BCUT2D eigenvalue weighted by molar-refractivity contribution is 5.97. The fraction of sp³-hybridized carbons (Fsp3) is 0.190. The third kappa shape index (κ3) is 3.97. The Kier molecular flexibility index (Phi) is 5.29. The quantitative estimate of drug-likeness (QED) is 0.761. The van der Waals surface area contributed by atoms with Crippen molar-refractivity contribution < 1.29 is 13.9 Å². The van der Waals surface area contributed by atoms with Crippen molar-refractivity contribution in [3.8, 4) is 5.75 Å². The summed E-state index contributed by atoms with van der Waals surface area (Å²) in [5, 5.41) is 0. The lowest BCUT2D eigenvalue weighted by Gasteiger charge is -2.27. The number of hydrogen-bond donors (Lipinski definition) is 0. The molecule has 0 aliphatic carbocycles. The Morgan fingerprint density at radius 1 is 1.20 bits per heavy atom. The van der Waals surface area contributed by atoms with Gasteiger partial charge in [0.1, 0.15) is 18.2 Å². The predicted molar refractivity (Wildman–Crippen MR) is 97.0 cm³/mol. The van der Waals surface area contributed by atoms with Crippen molar-refractivity contribution in [2.45, 2.75) is 6.42 Å². The van der Waals surface area contributed by atoms with Gasteiger partial charge in [0.05, 0.1) is 5.56 Å². The van der Waals surface area contributed by atoms with E-state index >= 15 is 0 Å². The molecule has 128 valence electrons. The number of halogens is 1. The first-order valence-electron chi connectivity index (χ1n) is 8.26. The summed E-state index contributed by atoms with van der Waals surface area (Å²) < 4.78 is 18.6. The summed E-state index contributed by atoms with van der Waals surface area (Å²) in [5.74, 6) is 0.280. The van der Waals surface area contributed by atoms with Crippen molar-refractivity contribution in [1.29, 1.82) is 0 Å². The number of para-hydroxylation sites is 1. The van der Waals surface area contributed by atoms with Crippen LogP contribution >= 0.6 is 0 Å². The van der Waals surface area contributed by atoms with Crippen LogP contribution in [0, 0.1) is 5.82 Å². The molecule has 4 heteroatoms. The minimum absolute atomic E-state index is 0.0472. The van der Waals surface area contributed by atoms with Crippen molar-refractivity contribution >= 4 is 11.5 Å². The first kappa shape index (κ1) is 17.0. The van der Waals surface area contributed by atoms with E-state index in [1.54, 1.807) is 35.2 Å². The fourth-order valence-corrected chi connectivity index (χ4v) is 2.87. The molecule has 0 atom stereocenters. The molecule has 0 radical (unpaired) electrons. The highest BCUT2D eigenvalue weighted by Crippen LogP contribution is 2.25. The predicted octanol–water partition coefficient (Wildman–Crippen LogP) is 4.32. The molecule has 0 aromatic heterocycles. The summed E-state index contributed by atoms with van der Waals surface area (Å²) >= 11 is 0. The molecule has 0 saturated carbocycles. The number of ether oxygens (including phenoxy) is 1. The average Bonchev–Trinajstić information content (AvgIpc) is 2.67. The van der Waals surface area contributed by atoms with Crippen molar-refractivity contribution in [1.82, 2.24) is 4.90 Å². The summed E-state index contributed by atoms with van der Waals surface area (Å²) in [4.78, 5) is 14.6. The molecular formula is C21H20FNO2. The van der Waals surface area contributed by atoms with E-state index in [1.807, 2.05) is 18.2 Å². The molecule has 1 heterocycles. The molecule has 2 aromatic rings. The zero-order valence-electron chi connectivity index (χ0n) is 14.0. The van der Waals surface area contributed by atoms with Gasteiger partial charge in [-0.05, 0) is 41.8 Å². The Morgan fingerprint density at radius 3 is 2.64 bits per heavy atom. The van der Waals surface area contributed by atoms with E-state index in [0.29, 0.717) is 31.0 Å². The van der Waals surface area contributed by atoms with Crippen LogP contribution in [-0.2, 0) is 0 Å². The van der Waals surface area contributed by atoms with Gasteiger partial charge in [0.2, 0.25) is 0 Å². The molecule has 0 spiro atoms. The van der Waals surface area contributed by atoms with Crippen LogP contribution in [0.15, 0.2) is 67.3 Å². The first-order valence-corrected chi connectivity index (χ1v) is 8.26. The highest BCUT2D eigenvalue weighted by atomic mass is 19.1. The highest BCUT2D eigenvalue weighted by Gasteiger charge is 2.21. The normalized spacial score (nSPS) is 14.0. The Labute approximate surface area is 147 Å². The zero-order valence-corrected chi connectivity index (χ0v) is 14.0. The molecular weight excluding hydrogens is 317 g/mol. The third-order valence-electron chi connectivity index (χ3n) is 4.19. The van der Waals surface area contributed by atoms with E-state index in [4.69, 9.17) is 4.74 Å². The minimum atomic E-state index is -0.243. The van der Waals surface area contributed by atoms with E-state index in [9.17, 15) is 9.18 Å². The van der Waals surface area contributed by atoms with Crippen molar-refractivity contribution in [3.05, 3.63) is 84.2 Å². The van der Waals surface area contributed by atoms with Crippen LogP contribution < -0.4 is 4.74 Å². The lowest BCUT2D eigenvalue weighted by Crippen LogP contribution is -2.34. The van der Waals surface area contributed by atoms with Gasteiger partial charge in [0, 0.05) is 13.1 Å². The summed E-state index contributed by atoms with van der Waals surface area (Å²) in [6, 6.07) is 13.7. The smallest absolute Gasteiger partial charge is 0.257 e. The van der Waals surface area contributed by atoms with E-state index < -0.39 is 0 Å². The van der Waals surface area contributed by atoms with E-state index in [0.717, 1.165) is 17.6 Å². The van der Waals surface area contributed by atoms with Crippen molar-refractivity contribution in [3.63, 3.8) is 0 Å². The number of carbonyl (C=O) groups is 1. The van der Waals surface area contributed by atoms with Gasteiger partial charge >= 0.3 is 0 Å². The molecule has 3 rings (SSSR count). The Morgan fingerprint density at radius 2 is 1.96 bits per heavy atom. The second kappa shape index (κ2) is 7.79. The second-order valence-electron chi connectivity index (χ2n) is 5.83. The Bertz CT molecular complexity index is 796. The largest absolute Gasteiger partial charge is 0.489 e. The minimum Gasteiger partial charge on any atom is -0.489 e. The molecule has 2 aromatic carbocycles. The van der Waals surface area contributed by atoms with Crippen LogP contribution in [0.1, 0.15) is 22.3 Å². The summed E-state index contributed by atoms with van der Waals surface area (Å²) in [6.45, 7) is 5.14. The Hall–Kier alpha value is -2.88. The summed E-state index contributed by atoms with van der Waals surface area (Å²) in [5.41, 5.74) is 2.70. The monoisotopic (exact) mass is 337 g/mol. The van der Waals surface area contributed by atoms with Crippen LogP contribution in [0.2, 0.25) is 0 Å². The fourth-order valence-electron chi connectivity index (χ4n) is 2.87. The molecule has 1 aliphatic rings. The van der Waals surface area contributed by atoms with Crippen LogP contribution in [0.4, 0.5) is 4.39 Å². The van der Waals surface area contributed by atoms with Gasteiger partial charge in [-0.1, -0.05) is 43.0 Å². The molecule has 0 N–H and O–H groups in total. The lowest BCUT2D eigenvalue weighted by molar-refractivity contribution is 0.0769. The van der Waals surface area contributed by atoms with Crippen LogP contribution in [0.5, 0.6) is 5.75 Å². The van der Waals surface area contributed by atoms with Gasteiger partial charge in [-0.2, -0.15) is 0 Å². The third-order valence-corrected chi connectivity index (χ3v) is 4.19. The molecule has 1 aliphatic heterocycles. The van der Waals surface area contributed by atoms with E-state index in [-0.39, 0.29) is 11.7 Å². The van der Waals surface area contributed by atoms with Gasteiger partial charge in [-0.15, -0.1) is 0 Å². The number of hydrogen-bond acceptors (Lipinski definition) is 2. The standard InChI is InChI=1S/C21H20FNO2/c1-2-15-25-20-6-4-3-5-19(20)21(24)23-13-11-17(12-14-23)16-7-9-18(22)10-8-16/h2-11H,1,12-15H2. The second-order valence-corrected chi connectivity index (χ2v) is 5.83. The summed E-state index contributed by atoms with van der Waals surface area (Å²) in [6.07, 6.45) is 4.43. The number of rotatable bonds is 5. The maximum Gasteiger partial charge on any atom is 0.257 e. The van der Waals surface area contributed by atoms with Crippen LogP contribution in [-0.4, -0.2) is 30.5 Å². The molecule has 0 unspecified atom stereocenters. The molecule has 25 heavy (non-hydrogen) atoms. The maximum atomic E-state index is 13.0. The van der Waals surface area contributed by atoms with Crippen molar-refractivity contribution in [2.75, 3.05) is 19.7 Å². The molecule has 3 nitrogen and oxygen atoms in total. The van der Waals surface area contributed by atoms with Gasteiger partial charge in [-0.25, -0.2) is 4.39 Å². The summed E-state index contributed by atoms with van der Waals surface area (Å²) in [7, 11) is 0. The molecule has 0 bridgehead atoms. The van der Waals surface area contributed by atoms with Gasteiger partial charge in [0.15, 0.2) is 0 Å². The number of carbonyl (C=O) groups excluding carboxylic acids is 1. The first-order chi connectivity index (χ1) is 12.2. The van der Waals surface area contributed by atoms with Gasteiger partial charge < -0.3 is 9.64 Å². The van der Waals surface area contributed by atoms with Gasteiger partial charge in [0.25, 0.3) is 5.91 Å². The lowest BCUT2D eigenvalue weighted by atomic mass is 9.99. The SMILES string of the molecule is C=CCOc1ccccc1C(=O)N1CC=C(c2ccc(F)cc2)CC1. The number of nitrogens with zero attached hydrogens (tertiary/aromatic N) is 1. The topological polar surface area (TPSA) is 29.5 Å². The van der Waals surface area contributed by atoms with Gasteiger partial charge in [-0.3, -0.25) is 4.79 Å². The number of amides is 1. The van der Waals surface area contributed by atoms with E-state index in [2.05, 4.69) is 6.58 Å². The zero-order chi connectivity index (χ0) is 17.6. The maximum absolute atomic E-state index is 13.0. The van der Waals surface area contributed by atoms with Crippen LogP contribution in [0.3, 0.4) is 0 Å². The van der Waals surface area contributed by atoms with Crippen LogP contribution in [0.25, 0.3) is 5.57 Å². The number of benzene rings is 2. The van der Waals surface area contributed by atoms with Crippen molar-refractivity contribution in [2.24, 2.45) is 0 Å².